The van der Waals surface area contributed by atoms with Crippen LogP contribution in [0.5, 0.6) is 17.2 Å². The molecule has 2 aliphatic heterocycles. The molecule has 34 heavy (non-hydrogen) atoms. The van der Waals surface area contributed by atoms with E-state index in [9.17, 15) is 14.4 Å². The van der Waals surface area contributed by atoms with Crippen molar-refractivity contribution in [1.29, 1.82) is 0 Å². The SMILES string of the molecule is COc1cc(OC)c2c(c1Cl)O[C@@]1(C(=O)C3=C(C[C@H]1C)NC(=O)C[C@@H]3c1ccc(Br)cc1)C2=O. The lowest BCUT2D eigenvalue weighted by molar-refractivity contribution is -0.131. The molecule has 176 valence electrons. The first-order valence-electron chi connectivity index (χ1n) is 10.7. The number of hydrogen-bond acceptors (Lipinski definition) is 6. The van der Waals surface area contributed by atoms with Gasteiger partial charge in [0, 0.05) is 40.1 Å². The molecule has 3 atom stereocenters. The third kappa shape index (κ3) is 3.11. The van der Waals surface area contributed by atoms with Gasteiger partial charge in [-0.3, -0.25) is 14.4 Å². The highest BCUT2D eigenvalue weighted by Gasteiger charge is 2.63. The Balaban J connectivity index is 1.67. The van der Waals surface area contributed by atoms with E-state index in [1.54, 1.807) is 6.92 Å². The van der Waals surface area contributed by atoms with Gasteiger partial charge in [0.1, 0.15) is 22.1 Å². The average Bonchev–Trinajstić information content (AvgIpc) is 3.13. The van der Waals surface area contributed by atoms with Gasteiger partial charge in [-0.2, -0.15) is 0 Å². The molecule has 1 amide bonds. The molecule has 0 fully saturated rings. The Morgan fingerprint density at radius 1 is 1.06 bits per heavy atom. The molecule has 2 heterocycles. The lowest BCUT2D eigenvalue weighted by Gasteiger charge is -2.41. The number of carbonyl (C=O) groups is 3. The van der Waals surface area contributed by atoms with Crippen LogP contribution >= 0.6 is 27.5 Å². The van der Waals surface area contributed by atoms with Crippen LogP contribution in [0.1, 0.15) is 41.6 Å². The van der Waals surface area contributed by atoms with Crippen LogP contribution in [0.25, 0.3) is 0 Å². The highest BCUT2D eigenvalue weighted by molar-refractivity contribution is 9.10. The Bertz CT molecular complexity index is 1290. The van der Waals surface area contributed by atoms with E-state index in [0.29, 0.717) is 11.3 Å². The molecule has 1 spiro atoms. The minimum atomic E-state index is -1.81. The molecule has 9 heteroatoms. The van der Waals surface area contributed by atoms with Crippen LogP contribution in [0.15, 0.2) is 46.1 Å². The van der Waals surface area contributed by atoms with E-state index in [-0.39, 0.29) is 46.6 Å². The smallest absolute Gasteiger partial charge is 0.236 e. The molecule has 2 aromatic rings. The number of fused-ring (bicyclic) bond motifs is 1. The fraction of sp³-hybridized carbons (Fsp3) is 0.320. The van der Waals surface area contributed by atoms with E-state index < -0.39 is 29.0 Å². The molecule has 0 saturated heterocycles. The number of benzene rings is 2. The van der Waals surface area contributed by atoms with Crippen molar-refractivity contribution in [2.75, 3.05) is 14.2 Å². The number of nitrogens with one attached hydrogen (secondary N) is 1. The van der Waals surface area contributed by atoms with Crippen LogP contribution in [-0.4, -0.2) is 37.3 Å². The van der Waals surface area contributed by atoms with Gasteiger partial charge in [-0.05, 0) is 24.1 Å². The summed E-state index contributed by atoms with van der Waals surface area (Å²) in [5, 5.41) is 2.96. The van der Waals surface area contributed by atoms with E-state index in [2.05, 4.69) is 21.2 Å². The number of ether oxygens (including phenoxy) is 3. The summed E-state index contributed by atoms with van der Waals surface area (Å²) in [4.78, 5) is 40.7. The zero-order valence-electron chi connectivity index (χ0n) is 18.7. The lowest BCUT2D eigenvalue weighted by atomic mass is 9.66. The summed E-state index contributed by atoms with van der Waals surface area (Å²) in [5.41, 5.74) is 0.0556. The normalized spacial score (nSPS) is 25.6. The quantitative estimate of drug-likeness (QED) is 0.566. The van der Waals surface area contributed by atoms with Crippen LogP contribution in [0, 0.1) is 5.92 Å². The molecule has 1 N–H and O–H groups in total. The van der Waals surface area contributed by atoms with Crippen LogP contribution in [0.4, 0.5) is 0 Å². The molecule has 0 radical (unpaired) electrons. The maximum absolute atomic E-state index is 14.2. The second kappa shape index (κ2) is 8.13. The van der Waals surface area contributed by atoms with E-state index in [1.807, 2.05) is 24.3 Å². The zero-order valence-corrected chi connectivity index (χ0v) is 21.0. The Morgan fingerprint density at radius 3 is 2.38 bits per heavy atom. The third-order valence-corrected chi connectivity index (χ3v) is 7.72. The summed E-state index contributed by atoms with van der Waals surface area (Å²) in [6.45, 7) is 1.76. The first-order valence-corrected chi connectivity index (χ1v) is 11.9. The van der Waals surface area contributed by atoms with E-state index in [4.69, 9.17) is 25.8 Å². The number of allylic oxidation sites excluding steroid dienone is 1. The Morgan fingerprint density at radius 2 is 1.74 bits per heavy atom. The number of methoxy groups -OCH3 is 2. The summed E-state index contributed by atoms with van der Waals surface area (Å²) < 4.78 is 17.8. The highest BCUT2D eigenvalue weighted by Crippen LogP contribution is 2.55. The highest BCUT2D eigenvalue weighted by atomic mass is 79.9. The summed E-state index contributed by atoms with van der Waals surface area (Å²) in [5.74, 6) is -1.62. The number of ketones is 2. The molecule has 3 aliphatic rings. The molecule has 1 aliphatic carbocycles. The van der Waals surface area contributed by atoms with Crippen molar-refractivity contribution in [3.05, 3.63) is 62.2 Å². The largest absolute Gasteiger partial charge is 0.496 e. The summed E-state index contributed by atoms with van der Waals surface area (Å²) >= 11 is 9.92. The van der Waals surface area contributed by atoms with E-state index in [1.165, 1.54) is 20.3 Å². The van der Waals surface area contributed by atoms with Crippen LogP contribution in [-0.2, 0) is 9.59 Å². The topological polar surface area (TPSA) is 90.9 Å². The molecular formula is C25H21BrClNO6. The number of carbonyl (C=O) groups excluding carboxylic acids is 3. The van der Waals surface area contributed by atoms with Crippen molar-refractivity contribution in [1.82, 2.24) is 5.32 Å². The third-order valence-electron chi connectivity index (χ3n) is 6.83. The van der Waals surface area contributed by atoms with Crippen LogP contribution < -0.4 is 19.5 Å². The molecule has 0 bridgehead atoms. The van der Waals surface area contributed by atoms with Gasteiger partial charge in [-0.15, -0.1) is 0 Å². The Hall–Kier alpha value is -2.84. The second-order valence-corrected chi connectivity index (χ2v) is 9.94. The van der Waals surface area contributed by atoms with Gasteiger partial charge < -0.3 is 19.5 Å². The Labute approximate surface area is 209 Å². The molecule has 0 aromatic heterocycles. The van der Waals surface area contributed by atoms with Gasteiger partial charge in [0.05, 0.1) is 14.2 Å². The number of amides is 1. The summed E-state index contributed by atoms with van der Waals surface area (Å²) in [6, 6.07) is 8.96. The van der Waals surface area contributed by atoms with Crippen molar-refractivity contribution in [2.45, 2.75) is 31.3 Å². The van der Waals surface area contributed by atoms with Crippen molar-refractivity contribution in [3.63, 3.8) is 0 Å². The van der Waals surface area contributed by atoms with Crippen molar-refractivity contribution >= 4 is 45.0 Å². The maximum Gasteiger partial charge on any atom is 0.236 e. The predicted molar refractivity (Wildman–Crippen MR) is 128 cm³/mol. The molecule has 5 rings (SSSR count). The van der Waals surface area contributed by atoms with Gasteiger partial charge in [-0.25, -0.2) is 0 Å². The first kappa shape index (κ1) is 22.9. The number of hydrogen-bond donors (Lipinski definition) is 1. The fourth-order valence-electron chi connectivity index (χ4n) is 5.17. The van der Waals surface area contributed by atoms with Gasteiger partial charge in [-0.1, -0.05) is 46.6 Å². The number of halogens is 2. The van der Waals surface area contributed by atoms with Gasteiger partial charge in [0.25, 0.3) is 0 Å². The minimum absolute atomic E-state index is 0.0761. The van der Waals surface area contributed by atoms with Gasteiger partial charge in [0.15, 0.2) is 5.75 Å². The monoisotopic (exact) mass is 545 g/mol. The van der Waals surface area contributed by atoms with E-state index >= 15 is 0 Å². The fourth-order valence-corrected chi connectivity index (χ4v) is 5.70. The van der Waals surface area contributed by atoms with Crippen molar-refractivity contribution < 1.29 is 28.6 Å². The molecule has 0 saturated carbocycles. The summed E-state index contributed by atoms with van der Waals surface area (Å²) in [7, 11) is 2.87. The maximum atomic E-state index is 14.2. The van der Waals surface area contributed by atoms with Crippen molar-refractivity contribution in [3.8, 4) is 17.2 Å². The standard InChI is InChI=1S/C25H21BrClNO6/c1-11-8-15-19(14(9-18(29)28-15)12-4-6-13(26)7-5-12)23(30)25(11)24(31)20-16(32-2)10-17(33-3)21(27)22(20)34-25/h4-7,10-11,14H,8-9H2,1-3H3,(H,28,29)/t11-,14-,25+/m1/s1. The first-order chi connectivity index (χ1) is 16.2. The predicted octanol–water partition coefficient (Wildman–Crippen LogP) is 4.60. The molecule has 7 nitrogen and oxygen atoms in total. The number of Topliss-reactive ketones (excluding diaryl/α,β-unsaturated/α-hetero) is 2. The van der Waals surface area contributed by atoms with Crippen LogP contribution in [0.3, 0.4) is 0 Å². The molecule has 2 aromatic carbocycles. The number of rotatable bonds is 3. The minimum Gasteiger partial charge on any atom is -0.496 e. The Kier molecular flexibility index (Phi) is 5.48. The van der Waals surface area contributed by atoms with Crippen LogP contribution in [0.2, 0.25) is 5.02 Å². The van der Waals surface area contributed by atoms with E-state index in [0.717, 1.165) is 10.0 Å². The van der Waals surface area contributed by atoms with Crippen molar-refractivity contribution in [2.24, 2.45) is 5.92 Å². The van der Waals surface area contributed by atoms with Gasteiger partial charge >= 0.3 is 0 Å². The zero-order chi connectivity index (χ0) is 24.4. The van der Waals surface area contributed by atoms with Gasteiger partial charge in [0.2, 0.25) is 23.1 Å². The second-order valence-electron chi connectivity index (χ2n) is 8.65. The molecule has 0 unspecified atom stereocenters. The molecular weight excluding hydrogens is 526 g/mol. The summed E-state index contributed by atoms with van der Waals surface area (Å²) in [6.07, 6.45) is 0.381. The average molecular weight is 547 g/mol. The lowest BCUT2D eigenvalue weighted by Crippen LogP contribution is -2.59.